The van der Waals surface area contributed by atoms with Crippen LogP contribution in [0, 0.1) is 0 Å². The first kappa shape index (κ1) is 17.9. The largest absolute Gasteiger partial charge is 0.462 e. The van der Waals surface area contributed by atoms with Crippen molar-refractivity contribution in [2.24, 2.45) is 0 Å². The number of hydrogen-bond donors (Lipinski definition) is 2. The molecule has 0 bridgehead atoms. The average molecular weight is 341 g/mol. The molecular weight excluding hydrogens is 316 g/mol. The van der Waals surface area contributed by atoms with Gasteiger partial charge in [-0.15, -0.1) is 11.3 Å². The lowest BCUT2D eigenvalue weighted by Crippen LogP contribution is -3.14. The van der Waals surface area contributed by atoms with Crippen LogP contribution in [-0.2, 0) is 20.7 Å². The Morgan fingerprint density at radius 1 is 1.35 bits per heavy atom. The third kappa shape index (κ3) is 5.30. The number of esters is 1. The summed E-state index contributed by atoms with van der Waals surface area (Å²) in [7, 11) is 0. The average Bonchev–Trinajstić information content (AvgIpc) is 2.97. The molecule has 2 N–H and O–H groups in total. The molecule has 0 radical (unpaired) electrons. The van der Waals surface area contributed by atoms with E-state index in [1.54, 1.807) is 6.92 Å². The lowest BCUT2D eigenvalue weighted by atomic mass is 10.2. The quantitative estimate of drug-likeness (QED) is 0.718. The highest BCUT2D eigenvalue weighted by Gasteiger charge is 2.20. The number of thiophene rings is 1. The third-order valence-corrected chi connectivity index (χ3v) is 4.98. The minimum atomic E-state index is -0.377. The summed E-state index contributed by atoms with van der Waals surface area (Å²) in [6, 6.07) is 1.81. The fourth-order valence-electron chi connectivity index (χ4n) is 2.46. The van der Waals surface area contributed by atoms with Crippen LogP contribution in [0.1, 0.15) is 35.5 Å². The van der Waals surface area contributed by atoms with Crippen LogP contribution in [0.4, 0.5) is 5.00 Å². The van der Waals surface area contributed by atoms with E-state index in [1.165, 1.54) is 16.2 Å². The van der Waals surface area contributed by atoms with Gasteiger partial charge in [0.2, 0.25) is 5.91 Å². The van der Waals surface area contributed by atoms with Crippen molar-refractivity contribution in [1.29, 1.82) is 0 Å². The van der Waals surface area contributed by atoms with Gasteiger partial charge in [0.15, 0.2) is 0 Å². The smallest absolute Gasteiger partial charge is 0.341 e. The van der Waals surface area contributed by atoms with E-state index < -0.39 is 0 Å². The summed E-state index contributed by atoms with van der Waals surface area (Å²) in [6.07, 6.45) is 1.27. The SMILES string of the molecule is CCOC(=O)c1cc(CC)sc1NC(=O)CC[NH+]1CCOCC1. The fourth-order valence-corrected chi connectivity index (χ4v) is 3.46. The van der Waals surface area contributed by atoms with Crippen LogP contribution in [0.5, 0.6) is 0 Å². The fraction of sp³-hybridized carbons (Fsp3) is 0.625. The Labute approximate surface area is 140 Å². The number of carbonyl (C=O) groups excluding carboxylic acids is 2. The predicted octanol–water partition coefficient (Wildman–Crippen LogP) is 0.731. The van der Waals surface area contributed by atoms with Gasteiger partial charge in [-0.2, -0.15) is 0 Å². The topological polar surface area (TPSA) is 69.1 Å². The van der Waals surface area contributed by atoms with Crippen molar-refractivity contribution in [3.05, 3.63) is 16.5 Å². The van der Waals surface area contributed by atoms with E-state index in [9.17, 15) is 9.59 Å². The Kier molecular flexibility index (Phi) is 7.01. The molecule has 0 aromatic carbocycles. The minimum Gasteiger partial charge on any atom is -0.462 e. The van der Waals surface area contributed by atoms with Gasteiger partial charge in [0.1, 0.15) is 18.1 Å². The van der Waals surface area contributed by atoms with E-state index in [1.807, 2.05) is 13.0 Å². The Morgan fingerprint density at radius 3 is 2.74 bits per heavy atom. The number of aryl methyl sites for hydroxylation is 1. The van der Waals surface area contributed by atoms with Crippen LogP contribution < -0.4 is 10.2 Å². The molecule has 1 fully saturated rings. The molecule has 0 atom stereocenters. The van der Waals surface area contributed by atoms with Crippen molar-refractivity contribution in [2.75, 3.05) is 44.8 Å². The van der Waals surface area contributed by atoms with E-state index in [4.69, 9.17) is 9.47 Å². The standard InChI is InChI=1S/C16H24N2O4S/c1-3-12-11-13(16(20)22-4-2)15(23-12)17-14(19)5-6-18-7-9-21-10-8-18/h11H,3-10H2,1-2H3,(H,17,19)/p+1. The molecule has 23 heavy (non-hydrogen) atoms. The Hall–Kier alpha value is -1.44. The molecule has 0 spiro atoms. The van der Waals surface area contributed by atoms with Crippen molar-refractivity contribution in [3.63, 3.8) is 0 Å². The number of hydrogen-bond acceptors (Lipinski definition) is 5. The summed E-state index contributed by atoms with van der Waals surface area (Å²) in [5.74, 6) is -0.434. The monoisotopic (exact) mass is 341 g/mol. The summed E-state index contributed by atoms with van der Waals surface area (Å²) < 4.78 is 10.4. The summed E-state index contributed by atoms with van der Waals surface area (Å²) in [4.78, 5) is 26.6. The second-order valence-electron chi connectivity index (χ2n) is 5.44. The van der Waals surface area contributed by atoms with Gasteiger partial charge >= 0.3 is 5.97 Å². The lowest BCUT2D eigenvalue weighted by Gasteiger charge is -2.23. The number of anilines is 1. The van der Waals surface area contributed by atoms with Gasteiger partial charge in [0.25, 0.3) is 0 Å². The lowest BCUT2D eigenvalue weighted by molar-refractivity contribution is -0.907. The molecule has 1 saturated heterocycles. The highest BCUT2D eigenvalue weighted by molar-refractivity contribution is 7.16. The minimum absolute atomic E-state index is 0.0564. The number of nitrogens with one attached hydrogen (secondary N) is 2. The van der Waals surface area contributed by atoms with E-state index >= 15 is 0 Å². The molecule has 1 aromatic rings. The van der Waals surface area contributed by atoms with Gasteiger partial charge in [-0.25, -0.2) is 4.79 Å². The molecule has 0 unspecified atom stereocenters. The van der Waals surface area contributed by atoms with Crippen molar-refractivity contribution < 1.29 is 24.0 Å². The zero-order valence-electron chi connectivity index (χ0n) is 13.8. The molecule has 1 aliphatic rings. The van der Waals surface area contributed by atoms with Crippen molar-refractivity contribution >= 4 is 28.2 Å². The maximum absolute atomic E-state index is 12.2. The predicted molar refractivity (Wildman–Crippen MR) is 89.3 cm³/mol. The number of quaternary nitrogens is 1. The number of carbonyl (C=O) groups is 2. The highest BCUT2D eigenvalue weighted by Crippen LogP contribution is 2.29. The third-order valence-electron chi connectivity index (χ3n) is 3.79. The van der Waals surface area contributed by atoms with Crippen molar-refractivity contribution in [3.8, 4) is 0 Å². The van der Waals surface area contributed by atoms with Gasteiger partial charge in [-0.3, -0.25) is 4.79 Å². The van der Waals surface area contributed by atoms with Crippen LogP contribution >= 0.6 is 11.3 Å². The van der Waals surface area contributed by atoms with Crippen LogP contribution in [-0.4, -0.2) is 51.3 Å². The van der Waals surface area contributed by atoms with Crippen LogP contribution in [0.15, 0.2) is 6.07 Å². The number of amides is 1. The molecule has 2 heterocycles. The first-order valence-electron chi connectivity index (χ1n) is 8.15. The first-order valence-corrected chi connectivity index (χ1v) is 8.96. The van der Waals surface area contributed by atoms with Gasteiger partial charge in [0.05, 0.1) is 38.3 Å². The van der Waals surface area contributed by atoms with Crippen LogP contribution in [0.25, 0.3) is 0 Å². The summed E-state index contributed by atoms with van der Waals surface area (Å²) >= 11 is 1.44. The number of ether oxygens (including phenoxy) is 2. The van der Waals surface area contributed by atoms with Gasteiger partial charge in [-0.05, 0) is 19.4 Å². The first-order chi connectivity index (χ1) is 11.1. The number of rotatable bonds is 7. The van der Waals surface area contributed by atoms with Gasteiger partial charge < -0.3 is 19.7 Å². The van der Waals surface area contributed by atoms with E-state index in [2.05, 4.69) is 5.32 Å². The number of morpholine rings is 1. The van der Waals surface area contributed by atoms with Crippen molar-refractivity contribution in [2.45, 2.75) is 26.7 Å². The molecule has 0 saturated carbocycles. The maximum atomic E-state index is 12.2. The zero-order chi connectivity index (χ0) is 16.7. The molecule has 1 aliphatic heterocycles. The molecule has 7 heteroatoms. The summed E-state index contributed by atoms with van der Waals surface area (Å²) in [5, 5.41) is 3.48. The van der Waals surface area contributed by atoms with E-state index in [0.717, 1.165) is 44.1 Å². The van der Waals surface area contributed by atoms with Crippen molar-refractivity contribution in [1.82, 2.24) is 0 Å². The highest BCUT2D eigenvalue weighted by atomic mass is 32.1. The Balaban J connectivity index is 1.93. The normalized spacial score (nSPS) is 15.4. The summed E-state index contributed by atoms with van der Waals surface area (Å²) in [6.45, 7) is 8.31. The van der Waals surface area contributed by atoms with Gasteiger partial charge in [0, 0.05) is 4.88 Å². The molecule has 6 nitrogen and oxygen atoms in total. The molecule has 2 rings (SSSR count). The Bertz CT molecular complexity index is 538. The van der Waals surface area contributed by atoms with E-state index in [0.29, 0.717) is 23.6 Å². The summed E-state index contributed by atoms with van der Waals surface area (Å²) in [5.41, 5.74) is 0.459. The van der Waals surface area contributed by atoms with Crippen LogP contribution in [0.3, 0.4) is 0 Å². The zero-order valence-corrected chi connectivity index (χ0v) is 14.6. The van der Waals surface area contributed by atoms with E-state index in [-0.39, 0.29) is 11.9 Å². The Morgan fingerprint density at radius 2 is 2.09 bits per heavy atom. The molecule has 1 amide bonds. The second kappa shape index (κ2) is 9.00. The van der Waals surface area contributed by atoms with Crippen LogP contribution in [0.2, 0.25) is 0 Å². The van der Waals surface area contributed by atoms with Gasteiger partial charge in [-0.1, -0.05) is 6.92 Å². The molecule has 128 valence electrons. The maximum Gasteiger partial charge on any atom is 0.341 e. The second-order valence-corrected chi connectivity index (χ2v) is 6.58. The molecule has 0 aliphatic carbocycles. The molecular formula is C16H25N2O4S+. The molecule has 1 aromatic heterocycles.